The molecule has 4 nitrogen and oxygen atoms in total. The maximum atomic E-state index is 12.4. The van der Waals surface area contributed by atoms with E-state index in [1.165, 1.54) is 0 Å². The maximum absolute atomic E-state index is 12.4. The topological polar surface area (TPSA) is 49.2 Å². The lowest BCUT2D eigenvalue weighted by atomic mass is 10.0. The summed E-state index contributed by atoms with van der Waals surface area (Å²) in [4.78, 5) is 10.8. The molecular formula is C16H20FN3O. The highest BCUT2D eigenvalue weighted by molar-refractivity contribution is 5.62. The Bertz CT molecular complexity index is 553. The van der Waals surface area contributed by atoms with Gasteiger partial charge in [0, 0.05) is 31.0 Å². The largest absolute Gasteiger partial charge is 0.386 e. The molecule has 112 valence electrons. The van der Waals surface area contributed by atoms with E-state index < -0.39 is 12.8 Å². The van der Waals surface area contributed by atoms with Crippen molar-refractivity contribution >= 4 is 5.95 Å². The van der Waals surface area contributed by atoms with Crippen LogP contribution in [0, 0.1) is 0 Å². The molecule has 5 heteroatoms. The molecule has 0 fully saturated rings. The molecular weight excluding hydrogens is 269 g/mol. The van der Waals surface area contributed by atoms with E-state index in [-0.39, 0.29) is 0 Å². The van der Waals surface area contributed by atoms with Gasteiger partial charge in [0.05, 0.1) is 0 Å². The number of benzene rings is 1. The minimum absolute atomic E-state index is 0.571. The van der Waals surface area contributed by atoms with Gasteiger partial charge in [-0.1, -0.05) is 24.3 Å². The van der Waals surface area contributed by atoms with Crippen LogP contribution in [0.5, 0.6) is 0 Å². The van der Waals surface area contributed by atoms with Gasteiger partial charge in [-0.15, -0.1) is 0 Å². The number of hydrogen-bond acceptors (Lipinski definition) is 4. The van der Waals surface area contributed by atoms with E-state index in [1.54, 1.807) is 24.5 Å². The number of aromatic nitrogens is 2. The number of hydrogen-bond donors (Lipinski definition) is 1. The highest BCUT2D eigenvalue weighted by atomic mass is 19.1. The van der Waals surface area contributed by atoms with Crippen molar-refractivity contribution < 1.29 is 9.50 Å². The molecule has 2 aromatic rings. The zero-order valence-corrected chi connectivity index (χ0v) is 12.3. The lowest BCUT2D eigenvalue weighted by Gasteiger charge is -2.18. The minimum Gasteiger partial charge on any atom is -0.386 e. The number of anilines is 1. The molecule has 1 atom stereocenters. The van der Waals surface area contributed by atoms with Crippen LogP contribution in [0.1, 0.15) is 25.5 Å². The van der Waals surface area contributed by atoms with E-state index in [4.69, 9.17) is 0 Å². The van der Waals surface area contributed by atoms with E-state index in [0.717, 1.165) is 24.2 Å². The number of halogens is 1. The molecule has 0 saturated heterocycles. The number of nitrogens with zero attached hydrogens (tertiary/aromatic N) is 3. The van der Waals surface area contributed by atoms with Gasteiger partial charge in [-0.25, -0.2) is 14.4 Å². The quantitative estimate of drug-likeness (QED) is 0.888. The summed E-state index contributed by atoms with van der Waals surface area (Å²) in [6, 6.07) is 7.11. The van der Waals surface area contributed by atoms with Gasteiger partial charge in [-0.3, -0.25) is 0 Å². The van der Waals surface area contributed by atoms with Crippen LogP contribution in [0.15, 0.2) is 36.7 Å². The van der Waals surface area contributed by atoms with Crippen LogP contribution in [-0.2, 0) is 0 Å². The van der Waals surface area contributed by atoms with Gasteiger partial charge in [0.15, 0.2) is 0 Å². The molecule has 0 aliphatic carbocycles. The van der Waals surface area contributed by atoms with Gasteiger partial charge in [-0.05, 0) is 25.0 Å². The van der Waals surface area contributed by atoms with Crippen LogP contribution in [0.3, 0.4) is 0 Å². The molecule has 1 aromatic carbocycles. The van der Waals surface area contributed by atoms with Crippen molar-refractivity contribution in [3.8, 4) is 11.1 Å². The fourth-order valence-corrected chi connectivity index (χ4v) is 2.13. The highest BCUT2D eigenvalue weighted by Gasteiger charge is 2.08. The van der Waals surface area contributed by atoms with Gasteiger partial charge in [0.2, 0.25) is 5.95 Å². The molecule has 0 aliphatic rings. The number of alkyl halides is 1. The minimum atomic E-state index is -1.06. The van der Waals surface area contributed by atoms with E-state index in [1.807, 2.05) is 12.1 Å². The van der Waals surface area contributed by atoms with E-state index in [0.29, 0.717) is 11.5 Å². The monoisotopic (exact) mass is 289 g/mol. The van der Waals surface area contributed by atoms with Crippen LogP contribution < -0.4 is 4.90 Å². The number of rotatable bonds is 6. The van der Waals surface area contributed by atoms with Gasteiger partial charge in [0.1, 0.15) is 12.8 Å². The van der Waals surface area contributed by atoms with Crippen LogP contribution in [0.2, 0.25) is 0 Å². The summed E-state index contributed by atoms with van der Waals surface area (Å²) in [5, 5.41) is 9.44. The molecule has 0 aliphatic heterocycles. The zero-order chi connectivity index (χ0) is 15.2. The van der Waals surface area contributed by atoms with Crippen LogP contribution in [0.25, 0.3) is 11.1 Å². The smallest absolute Gasteiger partial charge is 0.225 e. The van der Waals surface area contributed by atoms with E-state index >= 15 is 0 Å². The molecule has 2 rings (SSSR count). The summed E-state index contributed by atoms with van der Waals surface area (Å²) in [5.74, 6) is 0.716. The van der Waals surface area contributed by atoms with Crippen molar-refractivity contribution in [2.24, 2.45) is 0 Å². The first-order chi connectivity index (χ1) is 10.2. The second-order valence-electron chi connectivity index (χ2n) is 4.74. The zero-order valence-electron chi connectivity index (χ0n) is 12.3. The van der Waals surface area contributed by atoms with Crippen molar-refractivity contribution in [3.63, 3.8) is 0 Å². The fraction of sp³-hybridized carbons (Fsp3) is 0.375. The molecule has 0 bridgehead atoms. The standard InChI is InChI=1S/C16H20FN3O/c1-3-20(4-2)16-18-10-14(11-19-16)12-5-7-13(8-6-12)15(21)9-17/h5-8,10-11,15,21H,3-4,9H2,1-2H3. The molecule has 0 saturated carbocycles. The Kier molecular flexibility index (Phi) is 5.22. The Morgan fingerprint density at radius 1 is 1.05 bits per heavy atom. The van der Waals surface area contributed by atoms with Crippen LogP contribution in [0.4, 0.5) is 10.3 Å². The molecule has 0 radical (unpaired) electrons. The molecule has 1 aromatic heterocycles. The third kappa shape index (κ3) is 3.55. The second-order valence-corrected chi connectivity index (χ2v) is 4.74. The Balaban J connectivity index is 2.18. The van der Waals surface area contributed by atoms with Crippen LogP contribution >= 0.6 is 0 Å². The lowest BCUT2D eigenvalue weighted by molar-refractivity contribution is 0.142. The summed E-state index contributed by atoms with van der Waals surface area (Å²) < 4.78 is 12.4. The predicted molar refractivity (Wildman–Crippen MR) is 82.0 cm³/mol. The van der Waals surface area contributed by atoms with E-state index in [2.05, 4.69) is 28.7 Å². The summed E-state index contributed by atoms with van der Waals surface area (Å²) in [6.07, 6.45) is 2.50. The highest BCUT2D eigenvalue weighted by Crippen LogP contribution is 2.22. The average molecular weight is 289 g/mol. The van der Waals surface area contributed by atoms with Crippen molar-refractivity contribution in [2.75, 3.05) is 24.7 Å². The first kappa shape index (κ1) is 15.4. The summed E-state index contributed by atoms with van der Waals surface area (Å²) >= 11 is 0. The summed E-state index contributed by atoms with van der Waals surface area (Å²) in [7, 11) is 0. The maximum Gasteiger partial charge on any atom is 0.225 e. The Hall–Kier alpha value is -2.01. The molecule has 1 heterocycles. The third-order valence-corrected chi connectivity index (χ3v) is 3.46. The van der Waals surface area contributed by atoms with Gasteiger partial charge < -0.3 is 10.0 Å². The summed E-state index contributed by atoms with van der Waals surface area (Å²) in [6.45, 7) is 5.09. The van der Waals surface area contributed by atoms with Gasteiger partial charge in [0.25, 0.3) is 0 Å². The van der Waals surface area contributed by atoms with E-state index in [9.17, 15) is 9.50 Å². The van der Waals surface area contributed by atoms with Crippen molar-refractivity contribution in [1.82, 2.24) is 9.97 Å². The number of aliphatic hydroxyl groups is 1. The van der Waals surface area contributed by atoms with Crippen molar-refractivity contribution in [2.45, 2.75) is 20.0 Å². The van der Waals surface area contributed by atoms with Crippen molar-refractivity contribution in [1.29, 1.82) is 0 Å². The lowest BCUT2D eigenvalue weighted by Crippen LogP contribution is -2.23. The SMILES string of the molecule is CCN(CC)c1ncc(-c2ccc(C(O)CF)cc2)cn1. The molecule has 0 amide bonds. The Labute approximate surface area is 124 Å². The summed E-state index contributed by atoms with van der Waals surface area (Å²) in [5.41, 5.74) is 2.41. The number of aliphatic hydroxyl groups excluding tert-OH is 1. The first-order valence-corrected chi connectivity index (χ1v) is 7.10. The average Bonchev–Trinajstić information content (AvgIpc) is 2.56. The second kappa shape index (κ2) is 7.13. The van der Waals surface area contributed by atoms with Crippen molar-refractivity contribution in [3.05, 3.63) is 42.2 Å². The van der Waals surface area contributed by atoms with Gasteiger partial charge >= 0.3 is 0 Å². The molecule has 0 spiro atoms. The molecule has 1 unspecified atom stereocenters. The fourth-order valence-electron chi connectivity index (χ4n) is 2.13. The van der Waals surface area contributed by atoms with Crippen LogP contribution in [-0.4, -0.2) is 34.8 Å². The molecule has 21 heavy (non-hydrogen) atoms. The first-order valence-electron chi connectivity index (χ1n) is 7.10. The van der Waals surface area contributed by atoms with Gasteiger partial charge in [-0.2, -0.15) is 0 Å². The Morgan fingerprint density at radius 3 is 2.10 bits per heavy atom. The predicted octanol–water partition coefficient (Wildman–Crippen LogP) is 2.99. The third-order valence-electron chi connectivity index (χ3n) is 3.46. The Morgan fingerprint density at radius 2 is 1.62 bits per heavy atom. The normalized spacial score (nSPS) is 12.2. The molecule has 1 N–H and O–H groups in total.